The van der Waals surface area contributed by atoms with E-state index in [4.69, 9.17) is 17.3 Å². The lowest BCUT2D eigenvalue weighted by atomic mass is 10.0. The number of rotatable bonds is 2. The Bertz CT molecular complexity index is 808. The minimum Gasteiger partial charge on any atom is -0.382 e. The van der Waals surface area contributed by atoms with Crippen molar-refractivity contribution in [3.63, 3.8) is 0 Å². The molecule has 0 spiro atoms. The quantitative estimate of drug-likeness (QED) is 0.632. The Balaban J connectivity index is 2.24. The van der Waals surface area contributed by atoms with Gasteiger partial charge < -0.3 is 5.73 Å². The number of halogens is 3. The Labute approximate surface area is 138 Å². The first-order valence-electron chi connectivity index (χ1n) is 6.03. The summed E-state index contributed by atoms with van der Waals surface area (Å²) in [4.78, 5) is 0.929. The Hall–Kier alpha value is -1.37. The van der Waals surface area contributed by atoms with Gasteiger partial charge in [0.2, 0.25) is 0 Å². The summed E-state index contributed by atoms with van der Waals surface area (Å²) >= 11 is 10.9. The SMILES string of the molecule is Cc1cc(-c2[nH]nc(N)c2-c2cccc(Cl)c2F)sc1Br. The zero-order valence-electron chi connectivity index (χ0n) is 10.9. The fraction of sp³-hybridized carbons (Fsp3) is 0.0714. The van der Waals surface area contributed by atoms with Crippen molar-refractivity contribution < 1.29 is 4.39 Å². The maximum Gasteiger partial charge on any atom is 0.153 e. The molecule has 3 N–H and O–H groups in total. The highest BCUT2D eigenvalue weighted by Crippen LogP contribution is 2.42. The summed E-state index contributed by atoms with van der Waals surface area (Å²) in [5, 5.41) is 6.95. The molecular weight excluding hydrogens is 377 g/mol. The van der Waals surface area contributed by atoms with Gasteiger partial charge in [0, 0.05) is 5.56 Å². The van der Waals surface area contributed by atoms with E-state index in [1.165, 1.54) is 17.4 Å². The van der Waals surface area contributed by atoms with E-state index >= 15 is 0 Å². The van der Waals surface area contributed by atoms with Gasteiger partial charge in [0.25, 0.3) is 0 Å². The Morgan fingerprint density at radius 1 is 1.43 bits per heavy atom. The van der Waals surface area contributed by atoms with E-state index in [9.17, 15) is 4.39 Å². The molecule has 3 nitrogen and oxygen atoms in total. The fourth-order valence-corrected chi connectivity index (χ4v) is 3.80. The Kier molecular flexibility index (Phi) is 3.77. The summed E-state index contributed by atoms with van der Waals surface area (Å²) in [5.41, 5.74) is 8.57. The molecule has 0 aliphatic rings. The van der Waals surface area contributed by atoms with Crippen LogP contribution in [0.3, 0.4) is 0 Å². The third kappa shape index (κ3) is 2.47. The first kappa shape index (κ1) is 14.6. The van der Waals surface area contributed by atoms with E-state index in [-0.39, 0.29) is 10.8 Å². The van der Waals surface area contributed by atoms with Gasteiger partial charge in [0.15, 0.2) is 5.82 Å². The number of aromatic nitrogens is 2. The van der Waals surface area contributed by atoms with Crippen molar-refractivity contribution in [2.75, 3.05) is 5.73 Å². The standard InChI is InChI=1S/C14H10BrClFN3S/c1-6-5-9(21-13(6)15)12-10(14(18)20-19-12)7-3-2-4-8(16)11(7)17/h2-5H,1H3,(H3,18,19,20). The van der Waals surface area contributed by atoms with Crippen molar-refractivity contribution in [2.45, 2.75) is 6.92 Å². The topological polar surface area (TPSA) is 54.7 Å². The third-order valence-electron chi connectivity index (χ3n) is 3.12. The predicted octanol–water partition coefficient (Wildman–Crippen LogP) is 5.25. The Morgan fingerprint density at radius 3 is 2.86 bits per heavy atom. The molecule has 0 fully saturated rings. The maximum atomic E-state index is 14.3. The second-order valence-corrected chi connectivity index (χ2v) is 7.30. The van der Waals surface area contributed by atoms with Crippen LogP contribution < -0.4 is 5.73 Å². The van der Waals surface area contributed by atoms with Crippen LogP contribution in [0.1, 0.15) is 5.56 Å². The number of benzene rings is 1. The largest absolute Gasteiger partial charge is 0.382 e. The van der Waals surface area contributed by atoms with Crippen molar-refractivity contribution in [3.05, 3.63) is 44.5 Å². The molecular formula is C14H10BrClFN3S. The lowest BCUT2D eigenvalue weighted by molar-refractivity contribution is 0.632. The summed E-state index contributed by atoms with van der Waals surface area (Å²) in [7, 11) is 0. The van der Waals surface area contributed by atoms with Crippen LogP contribution in [0.25, 0.3) is 21.7 Å². The number of hydrogen-bond donors (Lipinski definition) is 2. The number of thiophene rings is 1. The number of nitrogens with two attached hydrogens (primary N) is 1. The average molecular weight is 387 g/mol. The summed E-state index contributed by atoms with van der Waals surface area (Å²) in [6.45, 7) is 1.99. The van der Waals surface area contributed by atoms with Gasteiger partial charge >= 0.3 is 0 Å². The molecule has 108 valence electrons. The van der Waals surface area contributed by atoms with E-state index in [0.29, 0.717) is 16.8 Å². The van der Waals surface area contributed by atoms with E-state index in [1.54, 1.807) is 12.1 Å². The molecule has 0 amide bonds. The van der Waals surface area contributed by atoms with Crippen LogP contribution in [0.5, 0.6) is 0 Å². The first-order chi connectivity index (χ1) is 9.99. The predicted molar refractivity (Wildman–Crippen MR) is 89.2 cm³/mol. The lowest BCUT2D eigenvalue weighted by Crippen LogP contribution is -1.91. The highest BCUT2D eigenvalue weighted by molar-refractivity contribution is 9.11. The summed E-state index contributed by atoms with van der Waals surface area (Å²) in [6.07, 6.45) is 0. The normalized spacial score (nSPS) is 11.0. The number of nitrogens with zero attached hydrogens (tertiary/aromatic N) is 1. The van der Waals surface area contributed by atoms with Crippen LogP contribution in [0.2, 0.25) is 5.02 Å². The summed E-state index contributed by atoms with van der Waals surface area (Å²) < 4.78 is 15.3. The molecule has 0 bridgehead atoms. The van der Waals surface area contributed by atoms with Gasteiger partial charge in [-0.3, -0.25) is 5.10 Å². The van der Waals surface area contributed by atoms with Gasteiger partial charge in [-0.1, -0.05) is 23.7 Å². The molecule has 0 saturated heterocycles. The molecule has 0 aliphatic carbocycles. The zero-order chi connectivity index (χ0) is 15.1. The van der Waals surface area contributed by atoms with E-state index in [2.05, 4.69) is 26.1 Å². The van der Waals surface area contributed by atoms with Crippen LogP contribution in [0.15, 0.2) is 28.1 Å². The number of hydrogen-bond acceptors (Lipinski definition) is 3. The molecule has 2 aromatic heterocycles. The number of anilines is 1. The molecule has 21 heavy (non-hydrogen) atoms. The van der Waals surface area contributed by atoms with Gasteiger partial charge in [-0.05, 0) is 40.5 Å². The molecule has 7 heteroatoms. The third-order valence-corrected chi connectivity index (χ3v) is 5.56. The van der Waals surface area contributed by atoms with Gasteiger partial charge in [-0.2, -0.15) is 5.10 Å². The molecule has 0 saturated carbocycles. The molecule has 2 heterocycles. The monoisotopic (exact) mass is 385 g/mol. The van der Waals surface area contributed by atoms with Crippen molar-refractivity contribution in [3.8, 4) is 21.7 Å². The maximum absolute atomic E-state index is 14.3. The molecule has 0 radical (unpaired) electrons. The minimum absolute atomic E-state index is 0.0580. The number of aryl methyl sites for hydroxylation is 1. The van der Waals surface area contributed by atoms with E-state index in [0.717, 1.165) is 14.2 Å². The molecule has 3 rings (SSSR count). The van der Waals surface area contributed by atoms with Gasteiger partial charge in [0.05, 0.1) is 24.9 Å². The molecule has 3 aromatic rings. The van der Waals surface area contributed by atoms with Gasteiger partial charge in [-0.25, -0.2) is 4.39 Å². The molecule has 1 aromatic carbocycles. The second kappa shape index (κ2) is 5.44. The highest BCUT2D eigenvalue weighted by Gasteiger charge is 2.20. The van der Waals surface area contributed by atoms with E-state index < -0.39 is 5.82 Å². The minimum atomic E-state index is -0.499. The second-order valence-electron chi connectivity index (χ2n) is 4.53. The zero-order valence-corrected chi connectivity index (χ0v) is 14.0. The molecule has 0 aliphatic heterocycles. The van der Waals surface area contributed by atoms with Crippen LogP contribution in [-0.2, 0) is 0 Å². The first-order valence-corrected chi connectivity index (χ1v) is 8.02. The smallest absolute Gasteiger partial charge is 0.153 e. The number of aromatic amines is 1. The number of nitrogen functional groups attached to an aromatic ring is 1. The van der Waals surface area contributed by atoms with Crippen molar-refractivity contribution in [2.24, 2.45) is 0 Å². The van der Waals surface area contributed by atoms with Gasteiger partial charge in [-0.15, -0.1) is 11.3 Å². The number of nitrogens with one attached hydrogen (secondary N) is 1. The van der Waals surface area contributed by atoms with Crippen molar-refractivity contribution in [1.82, 2.24) is 10.2 Å². The fourth-order valence-electron chi connectivity index (χ4n) is 2.09. The summed E-state index contributed by atoms with van der Waals surface area (Å²) in [5.74, 6) is -0.255. The van der Waals surface area contributed by atoms with E-state index in [1.807, 2.05) is 13.0 Å². The van der Waals surface area contributed by atoms with Gasteiger partial charge in [0.1, 0.15) is 5.82 Å². The van der Waals surface area contributed by atoms with Crippen LogP contribution in [-0.4, -0.2) is 10.2 Å². The lowest BCUT2D eigenvalue weighted by Gasteiger charge is -2.05. The highest BCUT2D eigenvalue weighted by atomic mass is 79.9. The molecule has 0 unspecified atom stereocenters. The average Bonchev–Trinajstić information content (AvgIpc) is 2.97. The van der Waals surface area contributed by atoms with Crippen LogP contribution in [0, 0.1) is 12.7 Å². The van der Waals surface area contributed by atoms with Crippen LogP contribution in [0.4, 0.5) is 10.2 Å². The number of H-pyrrole nitrogens is 1. The molecule has 0 atom stereocenters. The van der Waals surface area contributed by atoms with Crippen molar-refractivity contribution in [1.29, 1.82) is 0 Å². The summed E-state index contributed by atoms with van der Waals surface area (Å²) in [6, 6.07) is 6.82. The Morgan fingerprint density at radius 2 is 2.19 bits per heavy atom. The van der Waals surface area contributed by atoms with Crippen LogP contribution >= 0.6 is 38.9 Å². The van der Waals surface area contributed by atoms with Crippen molar-refractivity contribution >= 4 is 44.7 Å².